The maximum absolute atomic E-state index is 13.4. The van der Waals surface area contributed by atoms with E-state index in [-0.39, 0.29) is 4.47 Å². The molecule has 1 aliphatic rings. The van der Waals surface area contributed by atoms with Crippen LogP contribution in [-0.4, -0.2) is 18.0 Å². The van der Waals surface area contributed by atoms with Crippen molar-refractivity contribution in [3.63, 3.8) is 0 Å². The fourth-order valence-electron chi connectivity index (χ4n) is 1.47. The summed E-state index contributed by atoms with van der Waals surface area (Å²) in [6.45, 7) is 2.48. The number of hydrogen-bond acceptors (Lipinski definition) is 1. The molecule has 0 bridgehead atoms. The van der Waals surface area contributed by atoms with E-state index in [0.717, 1.165) is 19.5 Å². The summed E-state index contributed by atoms with van der Waals surface area (Å²) < 4.78 is 26.7. The zero-order valence-corrected chi connectivity index (χ0v) is 9.15. The molecule has 1 nitrogen and oxygen atoms in total. The normalized spacial score (nSPS) is 16.8. The minimum atomic E-state index is -0.789. The topological polar surface area (TPSA) is 3.24 Å². The highest BCUT2D eigenvalue weighted by molar-refractivity contribution is 9.10. The number of benzene rings is 1. The molecule has 0 unspecified atom stereocenters. The van der Waals surface area contributed by atoms with Crippen molar-refractivity contribution in [1.82, 2.24) is 4.90 Å². The van der Waals surface area contributed by atoms with Gasteiger partial charge in [-0.25, -0.2) is 8.78 Å². The number of nitrogens with zero attached hydrogens (tertiary/aromatic N) is 1. The van der Waals surface area contributed by atoms with E-state index < -0.39 is 11.6 Å². The first-order valence-corrected chi connectivity index (χ1v) is 5.32. The Morgan fingerprint density at radius 2 is 1.93 bits per heavy atom. The summed E-state index contributed by atoms with van der Waals surface area (Å²) in [5, 5.41) is 0. The Kier molecular flexibility index (Phi) is 2.83. The molecule has 0 N–H and O–H groups in total. The van der Waals surface area contributed by atoms with Crippen molar-refractivity contribution < 1.29 is 8.78 Å². The molecule has 1 aliphatic heterocycles. The minimum Gasteiger partial charge on any atom is -0.299 e. The molecule has 0 aliphatic carbocycles. The number of halogens is 3. The highest BCUT2D eigenvalue weighted by Crippen LogP contribution is 2.23. The van der Waals surface area contributed by atoms with Crippen LogP contribution in [0, 0.1) is 11.6 Å². The molecule has 0 spiro atoms. The third-order valence-electron chi connectivity index (χ3n) is 2.46. The van der Waals surface area contributed by atoms with Gasteiger partial charge in [-0.05, 0) is 41.5 Å². The molecule has 0 radical (unpaired) electrons. The lowest BCUT2D eigenvalue weighted by atomic mass is 10.1. The molecule has 1 heterocycles. The molecule has 76 valence electrons. The molecule has 4 heteroatoms. The maximum atomic E-state index is 13.4. The van der Waals surface area contributed by atoms with Gasteiger partial charge in [0.2, 0.25) is 0 Å². The van der Waals surface area contributed by atoms with E-state index in [0.29, 0.717) is 12.1 Å². The monoisotopic (exact) mass is 261 g/mol. The van der Waals surface area contributed by atoms with Crippen LogP contribution in [0.15, 0.2) is 16.6 Å². The van der Waals surface area contributed by atoms with Crippen molar-refractivity contribution in [2.45, 2.75) is 13.0 Å². The molecule has 1 aromatic carbocycles. The second kappa shape index (κ2) is 3.95. The van der Waals surface area contributed by atoms with E-state index in [2.05, 4.69) is 20.8 Å². The van der Waals surface area contributed by atoms with Gasteiger partial charge in [0.15, 0.2) is 11.6 Å². The van der Waals surface area contributed by atoms with Crippen molar-refractivity contribution >= 4 is 15.9 Å². The molecular weight excluding hydrogens is 252 g/mol. The lowest BCUT2D eigenvalue weighted by Gasteiger charge is -2.30. The van der Waals surface area contributed by atoms with Gasteiger partial charge in [0.1, 0.15) is 0 Å². The van der Waals surface area contributed by atoms with Crippen molar-refractivity contribution in [2.24, 2.45) is 0 Å². The molecule has 0 atom stereocenters. The van der Waals surface area contributed by atoms with Gasteiger partial charge < -0.3 is 0 Å². The predicted molar refractivity (Wildman–Crippen MR) is 54.0 cm³/mol. The molecule has 2 rings (SSSR count). The number of rotatable bonds is 2. The van der Waals surface area contributed by atoms with Crippen LogP contribution in [-0.2, 0) is 6.54 Å². The average molecular weight is 262 g/mol. The van der Waals surface area contributed by atoms with E-state index in [1.165, 1.54) is 0 Å². The van der Waals surface area contributed by atoms with E-state index in [4.69, 9.17) is 0 Å². The standard InChI is InChI=1S/C10H10BrF2N/c11-8-3-2-7(9(12)10(8)13)6-14-4-1-5-14/h2-3H,1,4-6H2. The summed E-state index contributed by atoms with van der Waals surface area (Å²) in [6.07, 6.45) is 1.15. The van der Waals surface area contributed by atoms with Crippen molar-refractivity contribution in [3.05, 3.63) is 33.8 Å². The van der Waals surface area contributed by atoms with Crippen molar-refractivity contribution in [3.8, 4) is 0 Å². The molecule has 1 fully saturated rings. The Morgan fingerprint density at radius 3 is 2.50 bits per heavy atom. The van der Waals surface area contributed by atoms with Crippen LogP contribution in [0.2, 0.25) is 0 Å². The Bertz CT molecular complexity index is 350. The van der Waals surface area contributed by atoms with Gasteiger partial charge >= 0.3 is 0 Å². The molecule has 0 aromatic heterocycles. The lowest BCUT2D eigenvalue weighted by Crippen LogP contribution is -2.36. The molecule has 1 saturated heterocycles. The lowest BCUT2D eigenvalue weighted by molar-refractivity contribution is 0.170. The third-order valence-corrected chi connectivity index (χ3v) is 3.07. The van der Waals surface area contributed by atoms with E-state index >= 15 is 0 Å². The highest BCUT2D eigenvalue weighted by atomic mass is 79.9. The van der Waals surface area contributed by atoms with Crippen LogP contribution >= 0.6 is 15.9 Å². The summed E-state index contributed by atoms with van der Waals surface area (Å²) in [5.74, 6) is -1.52. The van der Waals surface area contributed by atoms with Crippen LogP contribution < -0.4 is 0 Å². The minimum absolute atomic E-state index is 0.183. The number of hydrogen-bond donors (Lipinski definition) is 0. The van der Waals surface area contributed by atoms with Gasteiger partial charge in [-0.2, -0.15) is 0 Å². The fraction of sp³-hybridized carbons (Fsp3) is 0.400. The van der Waals surface area contributed by atoms with Crippen LogP contribution in [0.3, 0.4) is 0 Å². The molecule has 0 amide bonds. The fourth-order valence-corrected chi connectivity index (χ4v) is 1.77. The third kappa shape index (κ3) is 1.81. The van der Waals surface area contributed by atoms with Crippen molar-refractivity contribution in [1.29, 1.82) is 0 Å². The predicted octanol–water partition coefficient (Wildman–Crippen LogP) is 2.93. The summed E-state index contributed by atoms with van der Waals surface area (Å²) in [4.78, 5) is 2.09. The average Bonchev–Trinajstić information content (AvgIpc) is 2.10. The van der Waals surface area contributed by atoms with Gasteiger partial charge in [-0.15, -0.1) is 0 Å². The Morgan fingerprint density at radius 1 is 1.21 bits per heavy atom. The van der Waals surface area contributed by atoms with Gasteiger partial charge in [0.05, 0.1) is 4.47 Å². The van der Waals surface area contributed by atoms with Crippen molar-refractivity contribution in [2.75, 3.05) is 13.1 Å². The first-order valence-electron chi connectivity index (χ1n) is 4.53. The SMILES string of the molecule is Fc1c(Br)ccc(CN2CCC2)c1F. The van der Waals surface area contributed by atoms with E-state index in [1.54, 1.807) is 12.1 Å². The zero-order chi connectivity index (χ0) is 10.1. The van der Waals surface area contributed by atoms with Gasteiger partial charge in [-0.1, -0.05) is 6.07 Å². The second-order valence-electron chi connectivity index (χ2n) is 3.46. The second-order valence-corrected chi connectivity index (χ2v) is 4.32. The highest BCUT2D eigenvalue weighted by Gasteiger charge is 2.18. The zero-order valence-electron chi connectivity index (χ0n) is 7.56. The quantitative estimate of drug-likeness (QED) is 0.741. The molecular formula is C10H10BrF2N. The Hall–Kier alpha value is -0.480. The first-order chi connectivity index (χ1) is 6.68. The van der Waals surface area contributed by atoms with E-state index in [9.17, 15) is 8.78 Å². The van der Waals surface area contributed by atoms with Crippen LogP contribution in [0.5, 0.6) is 0 Å². The summed E-state index contributed by atoms with van der Waals surface area (Å²) in [6, 6.07) is 3.17. The van der Waals surface area contributed by atoms with Crippen LogP contribution in [0.4, 0.5) is 8.78 Å². The Balaban J connectivity index is 2.20. The van der Waals surface area contributed by atoms with Gasteiger partial charge in [0.25, 0.3) is 0 Å². The van der Waals surface area contributed by atoms with Crippen LogP contribution in [0.25, 0.3) is 0 Å². The Labute approximate surface area is 89.8 Å². The molecule has 0 saturated carbocycles. The summed E-state index contributed by atoms with van der Waals surface area (Å²) in [7, 11) is 0. The molecule has 1 aromatic rings. The number of likely N-dealkylation sites (tertiary alicyclic amines) is 1. The summed E-state index contributed by atoms with van der Waals surface area (Å²) >= 11 is 2.95. The van der Waals surface area contributed by atoms with Gasteiger partial charge in [-0.3, -0.25) is 4.90 Å². The summed E-state index contributed by atoms with van der Waals surface area (Å²) in [5.41, 5.74) is 0.436. The first kappa shape index (κ1) is 10.1. The molecule has 14 heavy (non-hydrogen) atoms. The maximum Gasteiger partial charge on any atom is 0.173 e. The smallest absolute Gasteiger partial charge is 0.173 e. The van der Waals surface area contributed by atoms with E-state index in [1.807, 2.05) is 0 Å². The largest absolute Gasteiger partial charge is 0.299 e. The van der Waals surface area contributed by atoms with Crippen LogP contribution in [0.1, 0.15) is 12.0 Å². The van der Waals surface area contributed by atoms with Gasteiger partial charge in [0, 0.05) is 12.1 Å².